The van der Waals surface area contributed by atoms with E-state index in [1.54, 1.807) is 0 Å². The molecule has 5 rings (SSSR count). The van der Waals surface area contributed by atoms with Crippen molar-refractivity contribution in [1.82, 2.24) is 0 Å². The molecule has 3 aromatic rings. The molecule has 0 fully saturated rings. The Balaban J connectivity index is 1.23. The van der Waals surface area contributed by atoms with E-state index in [0.29, 0.717) is 6.42 Å². The lowest BCUT2D eigenvalue weighted by atomic mass is 10.1. The minimum absolute atomic E-state index is 0.0276. The molecule has 5 heteroatoms. The minimum atomic E-state index is -0.477. The molecule has 0 radical (unpaired) electrons. The Morgan fingerprint density at radius 2 is 1.56 bits per heavy atom. The summed E-state index contributed by atoms with van der Waals surface area (Å²) in [7, 11) is 0. The summed E-state index contributed by atoms with van der Waals surface area (Å²) in [5.74, 6) is 0.675. The molecule has 3 N–H and O–H groups in total. The highest BCUT2D eigenvalue weighted by atomic mass is 16.5. The van der Waals surface area contributed by atoms with Gasteiger partial charge in [-0.2, -0.15) is 0 Å². The van der Waals surface area contributed by atoms with Gasteiger partial charge in [0.25, 0.3) is 5.91 Å². The number of rotatable bonds is 3. The number of carbonyl (C=O) groups excluding carboxylic acids is 1. The highest BCUT2D eigenvalue weighted by Gasteiger charge is 2.28. The van der Waals surface area contributed by atoms with E-state index < -0.39 is 6.10 Å². The SMILES string of the molecule is O=C(Nc1ccc(C2Nc3ccccc3N2)cc1)C1Cc2ccccc2O1. The molecule has 27 heavy (non-hydrogen) atoms. The summed E-state index contributed by atoms with van der Waals surface area (Å²) in [6.07, 6.45) is 0.156. The van der Waals surface area contributed by atoms with E-state index in [9.17, 15) is 4.79 Å². The van der Waals surface area contributed by atoms with Crippen LogP contribution in [0.15, 0.2) is 72.8 Å². The van der Waals surface area contributed by atoms with Crippen LogP contribution in [0, 0.1) is 0 Å². The molecule has 1 amide bonds. The molecule has 134 valence electrons. The number of ether oxygens (including phenoxy) is 1. The van der Waals surface area contributed by atoms with Gasteiger partial charge in [0.2, 0.25) is 0 Å². The predicted molar refractivity (Wildman–Crippen MR) is 106 cm³/mol. The number of fused-ring (bicyclic) bond motifs is 2. The maximum atomic E-state index is 12.5. The largest absolute Gasteiger partial charge is 0.480 e. The Labute approximate surface area is 157 Å². The number of anilines is 3. The van der Waals surface area contributed by atoms with Gasteiger partial charge in [-0.3, -0.25) is 4.79 Å². The third-order valence-corrected chi connectivity index (χ3v) is 4.98. The average molecular weight is 357 g/mol. The predicted octanol–water partition coefficient (Wildman–Crippen LogP) is 4.17. The zero-order valence-electron chi connectivity index (χ0n) is 14.6. The third kappa shape index (κ3) is 2.97. The molecule has 5 nitrogen and oxygen atoms in total. The summed E-state index contributed by atoms with van der Waals surface area (Å²) in [5.41, 5.74) is 5.13. The van der Waals surface area contributed by atoms with Crippen molar-refractivity contribution in [2.75, 3.05) is 16.0 Å². The van der Waals surface area contributed by atoms with Gasteiger partial charge in [0.1, 0.15) is 11.9 Å². The number of carbonyl (C=O) groups is 1. The topological polar surface area (TPSA) is 62.4 Å². The van der Waals surface area contributed by atoms with Gasteiger partial charge in [-0.05, 0) is 41.5 Å². The average Bonchev–Trinajstić information content (AvgIpc) is 3.32. The van der Waals surface area contributed by atoms with Crippen molar-refractivity contribution in [3.05, 3.63) is 83.9 Å². The Hall–Kier alpha value is -3.47. The Kier molecular flexibility index (Phi) is 3.71. The molecule has 1 atom stereocenters. The molecule has 2 aliphatic heterocycles. The molecule has 2 heterocycles. The first-order valence-corrected chi connectivity index (χ1v) is 9.04. The van der Waals surface area contributed by atoms with E-state index in [0.717, 1.165) is 33.9 Å². The van der Waals surface area contributed by atoms with Crippen molar-refractivity contribution >= 4 is 23.0 Å². The molecule has 0 spiro atoms. The van der Waals surface area contributed by atoms with E-state index in [4.69, 9.17) is 4.74 Å². The lowest BCUT2D eigenvalue weighted by Crippen LogP contribution is -2.31. The number of amides is 1. The normalized spacial score (nSPS) is 17.3. The highest BCUT2D eigenvalue weighted by Crippen LogP contribution is 2.35. The van der Waals surface area contributed by atoms with E-state index in [-0.39, 0.29) is 12.1 Å². The van der Waals surface area contributed by atoms with Crippen LogP contribution in [0.4, 0.5) is 17.1 Å². The summed E-state index contributed by atoms with van der Waals surface area (Å²) in [6.45, 7) is 0. The van der Waals surface area contributed by atoms with Crippen LogP contribution in [0.2, 0.25) is 0 Å². The molecule has 0 aliphatic carbocycles. The fraction of sp³-hybridized carbons (Fsp3) is 0.136. The van der Waals surface area contributed by atoms with Gasteiger partial charge < -0.3 is 20.7 Å². The number of hydrogen-bond acceptors (Lipinski definition) is 4. The monoisotopic (exact) mass is 357 g/mol. The van der Waals surface area contributed by atoms with Crippen molar-refractivity contribution in [2.24, 2.45) is 0 Å². The molecule has 2 aliphatic rings. The second-order valence-corrected chi connectivity index (χ2v) is 6.80. The summed E-state index contributed by atoms with van der Waals surface area (Å²) in [4.78, 5) is 12.5. The van der Waals surface area contributed by atoms with Crippen LogP contribution >= 0.6 is 0 Å². The molecular weight excluding hydrogens is 338 g/mol. The number of nitrogens with one attached hydrogen (secondary N) is 3. The first-order valence-electron chi connectivity index (χ1n) is 9.04. The Bertz CT molecular complexity index is 950. The van der Waals surface area contributed by atoms with Gasteiger partial charge in [0.05, 0.1) is 11.4 Å². The maximum absolute atomic E-state index is 12.5. The van der Waals surface area contributed by atoms with Crippen molar-refractivity contribution in [1.29, 1.82) is 0 Å². The fourth-order valence-corrected chi connectivity index (χ4v) is 3.56. The van der Waals surface area contributed by atoms with Gasteiger partial charge in [0.15, 0.2) is 6.10 Å². The van der Waals surface area contributed by atoms with Gasteiger partial charge >= 0.3 is 0 Å². The van der Waals surface area contributed by atoms with Gasteiger partial charge in [-0.15, -0.1) is 0 Å². The van der Waals surface area contributed by atoms with Crippen LogP contribution in [0.1, 0.15) is 17.3 Å². The fourth-order valence-electron chi connectivity index (χ4n) is 3.56. The molecule has 0 saturated carbocycles. The van der Waals surface area contributed by atoms with E-state index >= 15 is 0 Å². The van der Waals surface area contributed by atoms with Crippen LogP contribution < -0.4 is 20.7 Å². The number of para-hydroxylation sites is 3. The number of benzene rings is 3. The quantitative estimate of drug-likeness (QED) is 0.658. The van der Waals surface area contributed by atoms with E-state index in [1.807, 2.05) is 60.7 Å². The highest BCUT2D eigenvalue weighted by molar-refractivity contribution is 5.95. The van der Waals surface area contributed by atoms with Crippen LogP contribution in [0.3, 0.4) is 0 Å². The zero-order chi connectivity index (χ0) is 18.2. The van der Waals surface area contributed by atoms with Crippen LogP contribution in [-0.4, -0.2) is 12.0 Å². The number of hydrogen-bond donors (Lipinski definition) is 3. The van der Waals surface area contributed by atoms with Gasteiger partial charge in [0, 0.05) is 12.1 Å². The second kappa shape index (κ2) is 6.36. The lowest BCUT2D eigenvalue weighted by molar-refractivity contribution is -0.122. The van der Waals surface area contributed by atoms with Gasteiger partial charge in [-0.1, -0.05) is 42.5 Å². The summed E-state index contributed by atoms with van der Waals surface area (Å²) < 4.78 is 5.75. The summed E-state index contributed by atoms with van der Waals surface area (Å²) in [6, 6.07) is 23.8. The molecule has 0 bridgehead atoms. The van der Waals surface area contributed by atoms with Gasteiger partial charge in [-0.25, -0.2) is 0 Å². The Morgan fingerprint density at radius 1 is 0.889 bits per heavy atom. The van der Waals surface area contributed by atoms with E-state index in [1.165, 1.54) is 0 Å². The zero-order valence-corrected chi connectivity index (χ0v) is 14.6. The van der Waals surface area contributed by atoms with Crippen molar-refractivity contribution < 1.29 is 9.53 Å². The van der Waals surface area contributed by atoms with Crippen LogP contribution in [0.5, 0.6) is 5.75 Å². The maximum Gasteiger partial charge on any atom is 0.265 e. The second-order valence-electron chi connectivity index (χ2n) is 6.80. The molecular formula is C22H19N3O2. The molecule has 0 saturated heterocycles. The van der Waals surface area contributed by atoms with Crippen molar-refractivity contribution in [3.8, 4) is 5.75 Å². The van der Waals surface area contributed by atoms with Crippen LogP contribution in [-0.2, 0) is 11.2 Å². The first-order chi connectivity index (χ1) is 13.3. The lowest BCUT2D eigenvalue weighted by Gasteiger charge is -2.15. The minimum Gasteiger partial charge on any atom is -0.480 e. The van der Waals surface area contributed by atoms with Crippen molar-refractivity contribution in [3.63, 3.8) is 0 Å². The van der Waals surface area contributed by atoms with E-state index in [2.05, 4.69) is 28.1 Å². The Morgan fingerprint density at radius 3 is 2.26 bits per heavy atom. The summed E-state index contributed by atoms with van der Waals surface area (Å²) >= 11 is 0. The van der Waals surface area contributed by atoms with Crippen LogP contribution in [0.25, 0.3) is 0 Å². The standard InChI is InChI=1S/C22H19N3O2/c26-22(20-13-15-5-1-4-8-19(15)27-20)23-16-11-9-14(10-12-16)21-24-17-6-2-3-7-18(17)25-21/h1-12,20-21,24-25H,13H2,(H,23,26). The summed E-state index contributed by atoms with van der Waals surface area (Å²) in [5, 5.41) is 9.84. The third-order valence-electron chi connectivity index (χ3n) is 4.98. The smallest absolute Gasteiger partial charge is 0.265 e. The molecule has 0 aromatic heterocycles. The molecule has 3 aromatic carbocycles. The van der Waals surface area contributed by atoms with Crippen molar-refractivity contribution in [2.45, 2.75) is 18.7 Å². The first kappa shape index (κ1) is 15.8. The molecule has 1 unspecified atom stereocenters.